The second-order valence-electron chi connectivity index (χ2n) is 8.38. The van der Waals surface area contributed by atoms with Crippen LogP contribution in [0.15, 0.2) is 35.6 Å². The van der Waals surface area contributed by atoms with Crippen LogP contribution in [0.4, 0.5) is 5.82 Å². The fraction of sp³-hybridized carbons (Fsp3) is 0.500. The highest BCUT2D eigenvalue weighted by molar-refractivity contribution is 6.17. The summed E-state index contributed by atoms with van der Waals surface area (Å²) in [5.41, 5.74) is 7.92. The van der Waals surface area contributed by atoms with Crippen LogP contribution in [0.25, 0.3) is 10.9 Å². The molecule has 2 aromatic rings. The van der Waals surface area contributed by atoms with Crippen LogP contribution in [0.5, 0.6) is 0 Å². The quantitative estimate of drug-likeness (QED) is 0.507. The van der Waals surface area contributed by atoms with E-state index in [1.807, 2.05) is 6.07 Å². The van der Waals surface area contributed by atoms with E-state index in [0.29, 0.717) is 60.1 Å². The molecule has 0 spiro atoms. The Labute approximate surface area is 199 Å². The lowest BCUT2D eigenvalue weighted by Gasteiger charge is -2.34. The van der Waals surface area contributed by atoms with Crippen LogP contribution in [0.1, 0.15) is 42.2 Å². The first-order chi connectivity index (χ1) is 16.5. The molecular formula is C24H32N6O4. The molecule has 182 valence electrons. The number of rotatable bonds is 6. The molecule has 2 N–H and O–H groups in total. The van der Waals surface area contributed by atoms with Gasteiger partial charge in [0.25, 0.3) is 5.91 Å². The lowest BCUT2D eigenvalue weighted by molar-refractivity contribution is -0.0755. The molecule has 2 aliphatic heterocycles. The van der Waals surface area contributed by atoms with Crippen LogP contribution in [0.3, 0.4) is 0 Å². The van der Waals surface area contributed by atoms with Crippen molar-refractivity contribution in [3.63, 3.8) is 0 Å². The van der Waals surface area contributed by atoms with Gasteiger partial charge in [-0.25, -0.2) is 10.0 Å². The number of nitrogens with two attached hydrogens (primary N) is 1. The van der Waals surface area contributed by atoms with Crippen molar-refractivity contribution in [1.82, 2.24) is 15.0 Å². The predicted octanol–water partition coefficient (Wildman–Crippen LogP) is 2.28. The number of ether oxygens (including phenoxy) is 2. The van der Waals surface area contributed by atoms with E-state index in [2.05, 4.69) is 16.8 Å². The first-order valence-electron chi connectivity index (χ1n) is 11.6. The number of amides is 1. The number of carbonyl (C=O) groups excluding carboxylic acids is 1. The minimum absolute atomic E-state index is 0.106. The Balaban J connectivity index is 1.91. The van der Waals surface area contributed by atoms with Crippen LogP contribution in [-0.4, -0.2) is 79.4 Å². The van der Waals surface area contributed by atoms with E-state index in [-0.39, 0.29) is 18.2 Å². The lowest BCUT2D eigenvalue weighted by Crippen LogP contribution is -2.44. The number of carbonyl (C=O) groups is 1. The minimum atomic E-state index is -0.280. The largest absolute Gasteiger partial charge is 0.405 e. The van der Waals surface area contributed by atoms with Gasteiger partial charge in [0.15, 0.2) is 0 Å². The summed E-state index contributed by atoms with van der Waals surface area (Å²) in [6.45, 7) is 4.59. The average Bonchev–Trinajstić information content (AvgIpc) is 2.87. The van der Waals surface area contributed by atoms with Gasteiger partial charge in [-0.3, -0.25) is 19.6 Å². The van der Waals surface area contributed by atoms with E-state index in [4.69, 9.17) is 30.0 Å². The molecule has 1 amide bonds. The third kappa shape index (κ3) is 5.03. The highest BCUT2D eigenvalue weighted by Gasteiger charge is 2.26. The Hall–Kier alpha value is -3.08. The fourth-order valence-electron chi connectivity index (χ4n) is 4.22. The summed E-state index contributed by atoms with van der Waals surface area (Å²) in [7, 11) is 3.04. The molecular weight excluding hydrogens is 436 g/mol. The number of aliphatic imine (C=N–C) groups is 1. The topological polar surface area (TPSA) is 115 Å². The highest BCUT2D eigenvalue weighted by atomic mass is 16.7. The van der Waals surface area contributed by atoms with Crippen LogP contribution < -0.4 is 10.6 Å². The van der Waals surface area contributed by atoms with Crippen LogP contribution in [0.2, 0.25) is 0 Å². The van der Waals surface area contributed by atoms with Gasteiger partial charge in [-0.15, -0.1) is 0 Å². The zero-order valence-electron chi connectivity index (χ0n) is 19.9. The Morgan fingerprint density at radius 1 is 1.38 bits per heavy atom. The number of hydrogen-bond acceptors (Lipinski definition) is 9. The van der Waals surface area contributed by atoms with Gasteiger partial charge in [0.2, 0.25) is 0 Å². The van der Waals surface area contributed by atoms with E-state index < -0.39 is 0 Å². The standard InChI is InChI=1S/C24H32N6O4/c1-16-15-33-13-11-30(16)20-14-18(24(31)29(2)32-3)17-8-10-26-23(22(17)28-20)19(7-9-25)27-21-6-4-5-12-34-21/h7-10,14,16,21H,4-6,11-13,15,25H2,1-3H3/t16-,21?/m1/s1. The molecule has 1 unspecified atom stereocenters. The fourth-order valence-corrected chi connectivity index (χ4v) is 4.22. The third-order valence-electron chi connectivity index (χ3n) is 6.10. The molecule has 2 fully saturated rings. The van der Waals surface area contributed by atoms with Crippen LogP contribution in [-0.2, 0) is 14.3 Å². The number of nitrogens with zero attached hydrogens (tertiary/aromatic N) is 5. The summed E-state index contributed by atoms with van der Waals surface area (Å²) < 4.78 is 11.4. The summed E-state index contributed by atoms with van der Waals surface area (Å²) in [6, 6.07) is 3.70. The molecule has 4 heterocycles. The SMILES string of the molecule is CON(C)C(=O)c1cc(N2CCOC[C@H]2C)nc2c(C(C=CN)=NC3CCCCO3)nccc12. The number of pyridine rings is 2. The van der Waals surface area contributed by atoms with Crippen molar-refractivity contribution in [1.29, 1.82) is 0 Å². The molecule has 2 atom stereocenters. The molecule has 0 bridgehead atoms. The molecule has 0 aromatic carbocycles. The summed E-state index contributed by atoms with van der Waals surface area (Å²) in [5, 5.41) is 1.86. The summed E-state index contributed by atoms with van der Waals surface area (Å²) in [4.78, 5) is 35.0. The maximum absolute atomic E-state index is 13.3. The van der Waals surface area contributed by atoms with Crippen LogP contribution >= 0.6 is 0 Å². The van der Waals surface area contributed by atoms with Crippen molar-refractivity contribution in [3.05, 3.63) is 41.9 Å². The van der Waals surface area contributed by atoms with E-state index in [0.717, 1.165) is 19.3 Å². The van der Waals surface area contributed by atoms with Crippen molar-refractivity contribution >= 4 is 28.3 Å². The number of hydroxylamine groups is 2. The van der Waals surface area contributed by atoms with Gasteiger partial charge in [-0.2, -0.15) is 0 Å². The number of morpholine rings is 1. The number of hydrogen-bond donors (Lipinski definition) is 1. The smallest absolute Gasteiger partial charge is 0.277 e. The van der Waals surface area contributed by atoms with E-state index in [1.165, 1.54) is 18.4 Å². The minimum Gasteiger partial charge on any atom is -0.405 e. The average molecular weight is 469 g/mol. The molecule has 0 radical (unpaired) electrons. The molecule has 2 aromatic heterocycles. The second kappa shape index (κ2) is 10.9. The number of fused-ring (bicyclic) bond motifs is 1. The Morgan fingerprint density at radius 2 is 2.24 bits per heavy atom. The number of anilines is 1. The van der Waals surface area contributed by atoms with Gasteiger partial charge in [-0.1, -0.05) is 0 Å². The predicted molar refractivity (Wildman–Crippen MR) is 130 cm³/mol. The molecule has 0 aliphatic carbocycles. The van der Waals surface area contributed by atoms with Gasteiger partial charge in [0.05, 0.1) is 37.6 Å². The monoisotopic (exact) mass is 468 g/mol. The van der Waals surface area contributed by atoms with Crippen molar-refractivity contribution < 1.29 is 19.1 Å². The van der Waals surface area contributed by atoms with Gasteiger partial charge < -0.3 is 20.1 Å². The van der Waals surface area contributed by atoms with E-state index >= 15 is 0 Å². The maximum atomic E-state index is 13.3. The van der Waals surface area contributed by atoms with Gasteiger partial charge in [0.1, 0.15) is 23.3 Å². The first kappa shape index (κ1) is 24.1. The van der Waals surface area contributed by atoms with Crippen molar-refractivity contribution in [2.24, 2.45) is 10.7 Å². The molecule has 10 nitrogen and oxygen atoms in total. The van der Waals surface area contributed by atoms with Gasteiger partial charge in [0, 0.05) is 31.8 Å². The Kier molecular flexibility index (Phi) is 7.71. The van der Waals surface area contributed by atoms with Gasteiger partial charge in [-0.05, 0) is 50.6 Å². The maximum Gasteiger partial charge on any atom is 0.277 e. The zero-order chi connectivity index (χ0) is 24.1. The van der Waals surface area contributed by atoms with E-state index in [9.17, 15) is 4.79 Å². The molecule has 2 aliphatic rings. The summed E-state index contributed by atoms with van der Waals surface area (Å²) >= 11 is 0. The lowest BCUT2D eigenvalue weighted by atomic mass is 10.0. The molecule has 10 heteroatoms. The van der Waals surface area contributed by atoms with Crippen molar-refractivity contribution in [2.45, 2.75) is 38.5 Å². The molecule has 4 rings (SSSR count). The second-order valence-corrected chi connectivity index (χ2v) is 8.38. The highest BCUT2D eigenvalue weighted by Crippen LogP contribution is 2.28. The van der Waals surface area contributed by atoms with E-state index in [1.54, 1.807) is 25.4 Å². The number of allylic oxidation sites excluding steroid dienone is 1. The van der Waals surface area contributed by atoms with Crippen LogP contribution in [0, 0.1) is 0 Å². The molecule has 0 saturated carbocycles. The normalized spacial score (nSPS) is 21.9. The van der Waals surface area contributed by atoms with Crippen molar-refractivity contribution in [3.8, 4) is 0 Å². The van der Waals surface area contributed by atoms with Gasteiger partial charge >= 0.3 is 0 Å². The molecule has 2 saturated heterocycles. The number of aromatic nitrogens is 2. The Morgan fingerprint density at radius 3 is 2.94 bits per heavy atom. The Bertz CT molecular complexity index is 1080. The summed E-state index contributed by atoms with van der Waals surface area (Å²) in [6.07, 6.45) is 7.44. The van der Waals surface area contributed by atoms with Crippen molar-refractivity contribution in [2.75, 3.05) is 45.4 Å². The summed E-state index contributed by atoms with van der Waals surface area (Å²) in [5.74, 6) is 0.396. The first-order valence-corrected chi connectivity index (χ1v) is 11.6. The molecule has 34 heavy (non-hydrogen) atoms. The third-order valence-corrected chi connectivity index (χ3v) is 6.10. The zero-order valence-corrected chi connectivity index (χ0v) is 19.9.